The number of benzene rings is 1. The lowest BCUT2D eigenvalue weighted by Gasteiger charge is -2.30. The zero-order valence-electron chi connectivity index (χ0n) is 19.7. The molecule has 3 aromatic rings. The van der Waals surface area contributed by atoms with Crippen LogP contribution in [0.25, 0.3) is 17.0 Å². The molecule has 8 nitrogen and oxygen atoms in total. The van der Waals surface area contributed by atoms with Gasteiger partial charge in [0.2, 0.25) is 11.7 Å². The van der Waals surface area contributed by atoms with Crippen molar-refractivity contribution in [3.8, 4) is 11.4 Å². The van der Waals surface area contributed by atoms with Gasteiger partial charge in [-0.05, 0) is 43.7 Å². The highest BCUT2D eigenvalue weighted by Crippen LogP contribution is 2.33. The molecule has 0 bridgehead atoms. The van der Waals surface area contributed by atoms with Crippen molar-refractivity contribution in [3.05, 3.63) is 94.9 Å². The summed E-state index contributed by atoms with van der Waals surface area (Å²) in [4.78, 5) is 28.0. The minimum Gasteiger partial charge on any atom is -0.366 e. The Kier molecular flexibility index (Phi) is 7.22. The number of aliphatic imine (C=N–C) groups is 1. The number of likely N-dealkylation sites (N-methyl/N-ethyl adjacent to an activating group) is 1. The maximum absolute atomic E-state index is 13.5. The first-order valence-electron chi connectivity index (χ1n) is 11.1. The van der Waals surface area contributed by atoms with E-state index >= 15 is 0 Å². The Labute approximate surface area is 208 Å². The van der Waals surface area contributed by atoms with Gasteiger partial charge < -0.3 is 9.84 Å². The number of nitrogens with one attached hydrogen (secondary N) is 1. The van der Waals surface area contributed by atoms with E-state index in [1.165, 1.54) is 0 Å². The zero-order valence-corrected chi connectivity index (χ0v) is 20.5. The number of carbonyl (C=O) groups excluding carboxylic acids is 1. The van der Waals surface area contributed by atoms with E-state index in [4.69, 9.17) is 16.1 Å². The van der Waals surface area contributed by atoms with Crippen molar-refractivity contribution in [1.82, 2.24) is 25.3 Å². The van der Waals surface area contributed by atoms with Crippen LogP contribution in [-0.2, 0) is 11.3 Å². The normalized spacial score (nSPS) is 16.1. The first-order chi connectivity index (χ1) is 16.9. The van der Waals surface area contributed by atoms with Gasteiger partial charge in [-0.1, -0.05) is 41.5 Å². The summed E-state index contributed by atoms with van der Waals surface area (Å²) >= 11 is 6.61. The lowest BCUT2D eigenvalue weighted by Crippen LogP contribution is -2.41. The van der Waals surface area contributed by atoms with Crippen LogP contribution in [0.15, 0.2) is 82.4 Å². The number of allylic oxidation sites excluding steroid dienone is 1. The summed E-state index contributed by atoms with van der Waals surface area (Å²) in [6.07, 6.45) is 7.18. The summed E-state index contributed by atoms with van der Waals surface area (Å²) in [5.41, 5.74) is 3.65. The fourth-order valence-corrected chi connectivity index (χ4v) is 3.95. The molecule has 0 saturated carbocycles. The number of pyridine rings is 1. The number of halogens is 1. The quantitative estimate of drug-likeness (QED) is 0.505. The highest BCUT2D eigenvalue weighted by Gasteiger charge is 2.30. The maximum Gasteiger partial charge on any atom is 0.260 e. The summed E-state index contributed by atoms with van der Waals surface area (Å²) in [6.45, 7) is 10.5. The largest absolute Gasteiger partial charge is 0.366 e. The summed E-state index contributed by atoms with van der Waals surface area (Å²) in [5.74, 6) is 1.70. The molecule has 1 aromatic carbocycles. The number of nitrogens with zero attached hydrogens (tertiary/aromatic N) is 5. The van der Waals surface area contributed by atoms with E-state index in [1.54, 1.807) is 36.4 Å². The molecule has 0 saturated heterocycles. The summed E-state index contributed by atoms with van der Waals surface area (Å²) < 4.78 is 5.05. The third kappa shape index (κ3) is 5.22. The van der Waals surface area contributed by atoms with Gasteiger partial charge in [0.05, 0.1) is 0 Å². The standard InChI is InChI=1S/C26H25ClN6O2/c1-5-19-13-22(21-8-7-20(14-23(21)27)24-31-17(4)35-32-24)26(34)33(6-2)25(19)30-16(3)29-15-18-9-11-28-12-10-18/h5,7-14,29H,3,6,15H2,1-2,4H3/b19-5-,30-25+. The SMILES string of the molecule is C=C(/N=C1\C(=C/C)C=C(c2ccc(-c3noc(C)n3)cc2Cl)C(=O)N1CC)NCc1ccncc1. The van der Waals surface area contributed by atoms with Crippen molar-refractivity contribution in [2.75, 3.05) is 6.54 Å². The van der Waals surface area contributed by atoms with Crippen molar-refractivity contribution in [1.29, 1.82) is 0 Å². The molecule has 1 N–H and O–H groups in total. The monoisotopic (exact) mass is 488 g/mol. The average molecular weight is 489 g/mol. The second-order valence-corrected chi connectivity index (χ2v) is 8.18. The second-order valence-electron chi connectivity index (χ2n) is 7.77. The minimum absolute atomic E-state index is 0.191. The maximum atomic E-state index is 13.5. The van der Waals surface area contributed by atoms with E-state index in [9.17, 15) is 4.79 Å². The molecule has 35 heavy (non-hydrogen) atoms. The van der Waals surface area contributed by atoms with Gasteiger partial charge in [-0.3, -0.25) is 14.7 Å². The smallest absolute Gasteiger partial charge is 0.260 e. The van der Waals surface area contributed by atoms with Crippen LogP contribution >= 0.6 is 11.6 Å². The number of carbonyl (C=O) groups is 1. The van der Waals surface area contributed by atoms with Gasteiger partial charge in [0.15, 0.2) is 0 Å². The molecule has 1 aliphatic rings. The summed E-state index contributed by atoms with van der Waals surface area (Å²) in [6, 6.07) is 9.18. The Hall–Kier alpha value is -4.04. The van der Waals surface area contributed by atoms with Crippen LogP contribution in [0.1, 0.15) is 30.9 Å². The summed E-state index contributed by atoms with van der Waals surface area (Å²) in [5, 5.41) is 7.54. The Bertz CT molecular complexity index is 1360. The van der Waals surface area contributed by atoms with Crippen LogP contribution in [0, 0.1) is 6.92 Å². The number of rotatable bonds is 7. The second kappa shape index (κ2) is 10.5. The zero-order chi connectivity index (χ0) is 24.9. The van der Waals surface area contributed by atoms with Gasteiger partial charge >= 0.3 is 0 Å². The molecule has 2 aromatic heterocycles. The Balaban J connectivity index is 1.63. The predicted octanol–water partition coefficient (Wildman–Crippen LogP) is 4.94. The topological polar surface area (TPSA) is 96.5 Å². The third-order valence-electron chi connectivity index (χ3n) is 5.45. The lowest BCUT2D eigenvalue weighted by atomic mass is 9.95. The van der Waals surface area contributed by atoms with Crippen LogP contribution < -0.4 is 5.32 Å². The average Bonchev–Trinajstić information content (AvgIpc) is 3.30. The molecule has 9 heteroatoms. The molecule has 0 atom stereocenters. The number of aryl methyl sites for hydroxylation is 1. The van der Waals surface area contributed by atoms with Gasteiger partial charge in [0.1, 0.15) is 11.7 Å². The van der Waals surface area contributed by atoms with Gasteiger partial charge in [-0.2, -0.15) is 4.98 Å². The lowest BCUT2D eigenvalue weighted by molar-refractivity contribution is -0.121. The molecule has 3 heterocycles. The van der Waals surface area contributed by atoms with Crippen molar-refractivity contribution in [2.45, 2.75) is 27.3 Å². The molecular weight excluding hydrogens is 464 g/mol. The Morgan fingerprint density at radius 1 is 1.29 bits per heavy atom. The fourth-order valence-electron chi connectivity index (χ4n) is 3.66. The molecule has 178 valence electrons. The molecule has 0 radical (unpaired) electrons. The van der Waals surface area contributed by atoms with E-state index in [-0.39, 0.29) is 5.91 Å². The molecule has 1 amide bonds. The van der Waals surface area contributed by atoms with E-state index in [1.807, 2.05) is 44.2 Å². The van der Waals surface area contributed by atoms with Crippen molar-refractivity contribution >= 4 is 28.9 Å². The van der Waals surface area contributed by atoms with Crippen LogP contribution in [0.3, 0.4) is 0 Å². The molecular formula is C26H25ClN6O2. The van der Waals surface area contributed by atoms with Crippen LogP contribution in [0.5, 0.6) is 0 Å². The first-order valence-corrected chi connectivity index (χ1v) is 11.5. The van der Waals surface area contributed by atoms with Crippen molar-refractivity contribution in [3.63, 3.8) is 0 Å². The number of aromatic nitrogens is 3. The highest BCUT2D eigenvalue weighted by atomic mass is 35.5. The van der Waals surface area contributed by atoms with Gasteiger partial charge in [0.25, 0.3) is 5.91 Å². The highest BCUT2D eigenvalue weighted by molar-refractivity contribution is 6.37. The van der Waals surface area contributed by atoms with Gasteiger partial charge in [0, 0.05) is 59.7 Å². The molecule has 0 fully saturated rings. The molecule has 0 spiro atoms. The Morgan fingerprint density at radius 3 is 2.69 bits per heavy atom. The Morgan fingerprint density at radius 2 is 2.06 bits per heavy atom. The molecule has 1 aliphatic heterocycles. The molecule has 4 rings (SSSR count). The van der Waals surface area contributed by atoms with Gasteiger partial charge in [-0.15, -0.1) is 0 Å². The number of amides is 1. The van der Waals surface area contributed by atoms with Crippen LogP contribution in [0.4, 0.5) is 0 Å². The molecule has 0 aliphatic carbocycles. The number of hydrogen-bond donors (Lipinski definition) is 1. The van der Waals surface area contributed by atoms with Crippen LogP contribution in [0.2, 0.25) is 5.02 Å². The number of amidine groups is 1. The molecule has 0 unspecified atom stereocenters. The third-order valence-corrected chi connectivity index (χ3v) is 5.76. The van der Waals surface area contributed by atoms with Crippen molar-refractivity contribution in [2.24, 2.45) is 4.99 Å². The summed E-state index contributed by atoms with van der Waals surface area (Å²) in [7, 11) is 0. The van der Waals surface area contributed by atoms with Crippen molar-refractivity contribution < 1.29 is 9.32 Å². The van der Waals surface area contributed by atoms with E-state index < -0.39 is 0 Å². The number of hydrogen-bond acceptors (Lipinski definition) is 7. The predicted molar refractivity (Wildman–Crippen MR) is 136 cm³/mol. The minimum atomic E-state index is -0.191. The van der Waals surface area contributed by atoms with E-state index in [0.717, 1.165) is 11.1 Å². The van der Waals surface area contributed by atoms with E-state index in [2.05, 4.69) is 32.0 Å². The fraction of sp³-hybridized carbons (Fsp3) is 0.192. The first kappa shape index (κ1) is 24.1. The van der Waals surface area contributed by atoms with Crippen LogP contribution in [-0.4, -0.2) is 38.3 Å². The van der Waals surface area contributed by atoms with Gasteiger partial charge in [-0.25, -0.2) is 4.99 Å². The van der Waals surface area contributed by atoms with E-state index in [0.29, 0.717) is 58.2 Å².